The van der Waals surface area contributed by atoms with E-state index in [1.165, 1.54) is 6.07 Å². The number of carbonyl (C=O) groups excluding carboxylic acids is 2. The van der Waals surface area contributed by atoms with E-state index in [1.54, 1.807) is 0 Å². The zero-order chi connectivity index (χ0) is 18.0. The van der Waals surface area contributed by atoms with Gasteiger partial charge in [0.1, 0.15) is 0 Å². The molecule has 0 aromatic heterocycles. The van der Waals surface area contributed by atoms with Crippen molar-refractivity contribution in [2.24, 2.45) is 0 Å². The first-order chi connectivity index (χ1) is 11.2. The van der Waals surface area contributed by atoms with Crippen LogP contribution in [-0.4, -0.2) is 34.1 Å². The van der Waals surface area contributed by atoms with Crippen LogP contribution < -0.4 is 10.2 Å². The summed E-state index contributed by atoms with van der Waals surface area (Å²) in [5.74, 6) is -6.32. The number of benzene rings is 2. The van der Waals surface area contributed by atoms with Gasteiger partial charge in [-0.05, 0) is 47.0 Å². The third-order valence-electron chi connectivity index (χ3n) is 3.22. The van der Waals surface area contributed by atoms with Crippen LogP contribution in [0.25, 0.3) is 11.1 Å². The zero-order valence-corrected chi connectivity index (χ0v) is 11.8. The first kappa shape index (κ1) is 16.7. The van der Waals surface area contributed by atoms with Gasteiger partial charge in [-0.15, -0.1) is 0 Å². The highest BCUT2D eigenvalue weighted by Gasteiger charge is 2.20. The van der Waals surface area contributed by atoms with Crippen LogP contribution in [0.3, 0.4) is 0 Å². The molecule has 0 heterocycles. The third-order valence-corrected chi connectivity index (χ3v) is 3.22. The van der Waals surface area contributed by atoms with Crippen LogP contribution in [0.4, 0.5) is 0 Å². The molecule has 0 aliphatic heterocycles. The van der Waals surface area contributed by atoms with Crippen molar-refractivity contribution >= 4 is 23.9 Å². The smallest absolute Gasteiger partial charge is 0.336 e. The third kappa shape index (κ3) is 3.07. The molecule has 8 nitrogen and oxygen atoms in total. The Bertz CT molecular complexity index is 817. The van der Waals surface area contributed by atoms with Gasteiger partial charge in [0.2, 0.25) is 0 Å². The Labute approximate surface area is 134 Å². The van der Waals surface area contributed by atoms with Gasteiger partial charge < -0.3 is 30.0 Å². The van der Waals surface area contributed by atoms with Crippen molar-refractivity contribution in [2.45, 2.75) is 0 Å². The normalized spacial score (nSPS) is 10.2. The van der Waals surface area contributed by atoms with E-state index in [1.807, 2.05) is 0 Å². The summed E-state index contributed by atoms with van der Waals surface area (Å²) >= 11 is 0. The molecular formula is C16H8O8-2. The molecule has 2 aromatic rings. The summed E-state index contributed by atoms with van der Waals surface area (Å²) in [7, 11) is 0. The van der Waals surface area contributed by atoms with E-state index >= 15 is 0 Å². The van der Waals surface area contributed by atoms with Crippen LogP contribution in [0, 0.1) is 0 Å². The number of hydrogen-bond acceptors (Lipinski definition) is 6. The minimum absolute atomic E-state index is 0.202. The summed E-state index contributed by atoms with van der Waals surface area (Å²) in [6.45, 7) is 0. The van der Waals surface area contributed by atoms with Crippen LogP contribution in [-0.2, 0) is 0 Å². The number of carboxylic acids is 4. The molecule has 0 spiro atoms. The molecule has 0 unspecified atom stereocenters. The molecule has 0 fully saturated rings. The largest absolute Gasteiger partial charge is 0.545 e. The second-order valence-corrected chi connectivity index (χ2v) is 4.71. The average Bonchev–Trinajstić information content (AvgIpc) is 2.53. The van der Waals surface area contributed by atoms with Crippen molar-refractivity contribution < 1.29 is 39.6 Å². The molecule has 0 aliphatic rings. The van der Waals surface area contributed by atoms with E-state index in [9.17, 15) is 39.6 Å². The summed E-state index contributed by atoms with van der Waals surface area (Å²) in [6.07, 6.45) is 0. The standard InChI is InChI=1S/C16H10O8/c17-13(18)8-4-7(5-9(6-8)14(19)20)12-10(15(21)22)2-1-3-11(12)16(23)24/h1-6H,(H,17,18)(H,19,20)(H,21,22)(H,23,24)/p-2. The summed E-state index contributed by atoms with van der Waals surface area (Å²) in [4.78, 5) is 44.8. The van der Waals surface area contributed by atoms with Crippen molar-refractivity contribution in [3.63, 3.8) is 0 Å². The molecule has 0 atom stereocenters. The van der Waals surface area contributed by atoms with Crippen molar-refractivity contribution in [2.75, 3.05) is 0 Å². The van der Waals surface area contributed by atoms with Crippen molar-refractivity contribution in [3.8, 4) is 11.1 Å². The summed E-state index contributed by atoms with van der Waals surface area (Å²) in [5, 5.41) is 40.6. The summed E-state index contributed by atoms with van der Waals surface area (Å²) < 4.78 is 0. The zero-order valence-electron chi connectivity index (χ0n) is 11.8. The maximum Gasteiger partial charge on any atom is 0.336 e. The maximum absolute atomic E-state index is 11.4. The lowest BCUT2D eigenvalue weighted by atomic mass is 9.91. The molecule has 0 bridgehead atoms. The molecule has 122 valence electrons. The van der Waals surface area contributed by atoms with Crippen molar-refractivity contribution in [1.82, 2.24) is 0 Å². The van der Waals surface area contributed by atoms with E-state index < -0.39 is 46.1 Å². The van der Waals surface area contributed by atoms with E-state index in [2.05, 4.69) is 0 Å². The molecule has 0 amide bonds. The van der Waals surface area contributed by atoms with Crippen LogP contribution in [0.2, 0.25) is 0 Å². The van der Waals surface area contributed by atoms with Gasteiger partial charge in [0.05, 0.1) is 23.1 Å². The molecule has 2 N–H and O–H groups in total. The highest BCUT2D eigenvalue weighted by atomic mass is 16.4. The van der Waals surface area contributed by atoms with Crippen LogP contribution in [0.15, 0.2) is 36.4 Å². The molecule has 0 saturated carbocycles. The van der Waals surface area contributed by atoms with E-state index in [0.717, 1.165) is 30.3 Å². The lowest BCUT2D eigenvalue weighted by Gasteiger charge is -2.15. The highest BCUT2D eigenvalue weighted by Crippen LogP contribution is 2.30. The molecule has 8 heteroatoms. The first-order valence-corrected chi connectivity index (χ1v) is 6.40. The van der Waals surface area contributed by atoms with Gasteiger partial charge in [-0.25, -0.2) is 9.59 Å². The van der Waals surface area contributed by atoms with Crippen LogP contribution in [0.1, 0.15) is 41.4 Å². The van der Waals surface area contributed by atoms with Gasteiger partial charge in [-0.1, -0.05) is 6.07 Å². The number of carboxylic acid groups (broad SMARTS) is 4. The van der Waals surface area contributed by atoms with Gasteiger partial charge >= 0.3 is 11.9 Å². The van der Waals surface area contributed by atoms with Crippen molar-refractivity contribution in [1.29, 1.82) is 0 Å². The quantitative estimate of drug-likeness (QED) is 0.742. The Morgan fingerprint density at radius 3 is 1.50 bits per heavy atom. The second-order valence-electron chi connectivity index (χ2n) is 4.71. The highest BCUT2D eigenvalue weighted by molar-refractivity contribution is 6.06. The number of aromatic carboxylic acids is 4. The minimum atomic E-state index is -1.70. The first-order valence-electron chi connectivity index (χ1n) is 6.40. The average molecular weight is 328 g/mol. The van der Waals surface area contributed by atoms with Gasteiger partial charge in [0, 0.05) is 5.56 Å². The fourth-order valence-electron chi connectivity index (χ4n) is 2.23. The molecular weight excluding hydrogens is 320 g/mol. The maximum atomic E-state index is 11.4. The lowest BCUT2D eigenvalue weighted by Crippen LogP contribution is -2.26. The van der Waals surface area contributed by atoms with E-state index in [4.69, 9.17) is 0 Å². The van der Waals surface area contributed by atoms with Gasteiger partial charge in [0.25, 0.3) is 0 Å². The van der Waals surface area contributed by atoms with Crippen LogP contribution in [0.5, 0.6) is 0 Å². The van der Waals surface area contributed by atoms with Gasteiger partial charge in [-0.3, -0.25) is 0 Å². The molecule has 0 saturated heterocycles. The Hall–Kier alpha value is -3.68. The monoisotopic (exact) mass is 328 g/mol. The Morgan fingerprint density at radius 2 is 1.17 bits per heavy atom. The molecule has 24 heavy (non-hydrogen) atoms. The Balaban J connectivity index is 2.89. The number of carbonyl (C=O) groups is 4. The lowest BCUT2D eigenvalue weighted by molar-refractivity contribution is -0.255. The predicted octanol–water partition coefficient (Wildman–Crippen LogP) is -0.523. The number of hydrogen-bond donors (Lipinski definition) is 2. The van der Waals surface area contributed by atoms with E-state index in [-0.39, 0.29) is 11.1 Å². The van der Waals surface area contributed by atoms with Crippen molar-refractivity contribution in [3.05, 3.63) is 58.7 Å². The molecule has 2 rings (SSSR count). The SMILES string of the molecule is O=C([O-])c1cc(C(=O)[O-])cc(-c2c(C(=O)O)cccc2C(=O)O)c1. The van der Waals surface area contributed by atoms with E-state index in [0.29, 0.717) is 0 Å². The minimum Gasteiger partial charge on any atom is -0.545 e. The molecule has 0 aliphatic carbocycles. The summed E-state index contributed by atoms with van der Waals surface area (Å²) in [6, 6.07) is 6.10. The molecule has 0 radical (unpaired) electrons. The summed E-state index contributed by atoms with van der Waals surface area (Å²) in [5.41, 5.74) is -2.47. The predicted molar refractivity (Wildman–Crippen MR) is 74.5 cm³/mol. The fourth-order valence-corrected chi connectivity index (χ4v) is 2.23. The topological polar surface area (TPSA) is 155 Å². The molecule has 2 aromatic carbocycles. The van der Waals surface area contributed by atoms with Crippen LogP contribution >= 0.6 is 0 Å². The second kappa shape index (κ2) is 6.21. The number of rotatable bonds is 5. The van der Waals surface area contributed by atoms with Gasteiger partial charge in [-0.2, -0.15) is 0 Å². The Kier molecular flexibility index (Phi) is 4.32. The Morgan fingerprint density at radius 1 is 0.750 bits per heavy atom. The fraction of sp³-hybridized carbons (Fsp3) is 0. The van der Waals surface area contributed by atoms with Gasteiger partial charge in [0.15, 0.2) is 0 Å².